The van der Waals surface area contributed by atoms with Gasteiger partial charge in [0.2, 0.25) is 0 Å². The molecule has 0 radical (unpaired) electrons. The van der Waals surface area contributed by atoms with Gasteiger partial charge in [0.25, 0.3) is 0 Å². The molecule has 9 aromatic carbocycles. The van der Waals surface area contributed by atoms with Crippen molar-refractivity contribution in [1.82, 2.24) is 0 Å². The van der Waals surface area contributed by atoms with Crippen molar-refractivity contribution in [1.29, 1.82) is 0 Å². The van der Waals surface area contributed by atoms with Crippen LogP contribution >= 0.6 is 0 Å². The van der Waals surface area contributed by atoms with Gasteiger partial charge in [-0.3, -0.25) is 0 Å². The van der Waals surface area contributed by atoms with Crippen LogP contribution in [-0.4, -0.2) is 0 Å². The van der Waals surface area contributed by atoms with E-state index in [2.05, 4.69) is 213 Å². The number of fused-ring (bicyclic) bond motifs is 20. The van der Waals surface area contributed by atoms with Crippen LogP contribution in [0.4, 0.5) is 0 Å². The average molecular weight is 875 g/mol. The standard InChI is InChI=1S/C66H50O2/c1-63(2)47-21-13-9-17-37(47)39-27-25-35(29-49(39)63)43-31-54-59(62-57(43)41-19-11-15-23-55(41)68-62)46-34-51-45(33-52(46)66(54,7)8)58-53(65(51,5)6)32-44(61-60(58)42-20-12-16-24-56(42)67-61)36-26-28-40-38-18-10-14-22-48(38)64(3,4)50(40)30-36/h9-34H,1-8H3. The monoisotopic (exact) mass is 874 g/mol. The highest BCUT2D eigenvalue weighted by Crippen LogP contribution is 2.62. The maximum atomic E-state index is 7.14. The lowest BCUT2D eigenvalue weighted by atomic mass is 9.78. The quantitative estimate of drug-likeness (QED) is 0.173. The topological polar surface area (TPSA) is 26.3 Å². The summed E-state index contributed by atoms with van der Waals surface area (Å²) in [5.74, 6) is 0. The molecule has 2 aromatic heterocycles. The van der Waals surface area contributed by atoms with Crippen LogP contribution in [-0.2, 0) is 21.7 Å². The highest BCUT2D eigenvalue weighted by Gasteiger charge is 2.45. The zero-order chi connectivity index (χ0) is 46.0. The van der Waals surface area contributed by atoms with E-state index in [1.165, 1.54) is 116 Å². The van der Waals surface area contributed by atoms with Gasteiger partial charge in [0, 0.05) is 54.3 Å². The molecule has 2 heterocycles. The molecule has 0 saturated heterocycles. The highest BCUT2D eigenvalue weighted by atomic mass is 16.3. The van der Waals surface area contributed by atoms with Crippen LogP contribution in [0.1, 0.15) is 99.9 Å². The highest BCUT2D eigenvalue weighted by molar-refractivity contribution is 6.21. The van der Waals surface area contributed by atoms with Crippen molar-refractivity contribution < 1.29 is 8.83 Å². The molecular formula is C66H50O2. The fraction of sp³-hybridized carbons (Fsp3) is 0.182. The molecule has 0 N–H and O–H groups in total. The van der Waals surface area contributed by atoms with Gasteiger partial charge in [-0.05, 0) is 149 Å². The SMILES string of the molecule is CC1(C)c2ccccc2-c2ccc(-c3cc4c(c5c3oc3ccccc35)-c3cc5c(cc3C4(C)C)-c3c(cc(-c4ccc6c(c4)C(C)(C)c4ccccc4-6)c4c3oc3ccccc34)C5(C)C)cc21. The molecule has 2 heteroatoms. The second kappa shape index (κ2) is 12.4. The molecule has 326 valence electrons. The zero-order valence-corrected chi connectivity index (χ0v) is 39.8. The third kappa shape index (κ3) is 4.55. The second-order valence-corrected chi connectivity index (χ2v) is 22.4. The first-order chi connectivity index (χ1) is 32.7. The zero-order valence-electron chi connectivity index (χ0n) is 39.8. The first-order valence-electron chi connectivity index (χ1n) is 24.4. The summed E-state index contributed by atoms with van der Waals surface area (Å²) in [5.41, 5.74) is 29.1. The lowest BCUT2D eigenvalue weighted by Gasteiger charge is -2.25. The lowest BCUT2D eigenvalue weighted by molar-refractivity contribution is 0.649. The molecule has 0 amide bonds. The molecule has 15 rings (SSSR count). The van der Waals surface area contributed by atoms with E-state index in [9.17, 15) is 0 Å². The number of hydrogen-bond acceptors (Lipinski definition) is 2. The summed E-state index contributed by atoms with van der Waals surface area (Å²) in [6.07, 6.45) is 0. The fourth-order valence-corrected chi connectivity index (χ4v) is 13.9. The molecule has 0 atom stereocenters. The summed E-state index contributed by atoms with van der Waals surface area (Å²) in [4.78, 5) is 0. The van der Waals surface area contributed by atoms with Crippen LogP contribution in [0.3, 0.4) is 0 Å². The van der Waals surface area contributed by atoms with Crippen LogP contribution in [0.15, 0.2) is 167 Å². The van der Waals surface area contributed by atoms with Crippen molar-refractivity contribution in [2.24, 2.45) is 0 Å². The smallest absolute Gasteiger partial charge is 0.144 e. The number of benzene rings is 9. The Morgan fingerprint density at radius 3 is 1.26 bits per heavy atom. The van der Waals surface area contributed by atoms with E-state index in [0.717, 1.165) is 38.7 Å². The molecule has 0 fully saturated rings. The van der Waals surface area contributed by atoms with Crippen LogP contribution in [0.2, 0.25) is 0 Å². The Morgan fingerprint density at radius 2 is 0.676 bits per heavy atom. The minimum absolute atomic E-state index is 0.105. The number of rotatable bonds is 2. The molecule has 2 nitrogen and oxygen atoms in total. The van der Waals surface area contributed by atoms with Gasteiger partial charge >= 0.3 is 0 Å². The van der Waals surface area contributed by atoms with Crippen LogP contribution < -0.4 is 0 Å². The van der Waals surface area contributed by atoms with Gasteiger partial charge < -0.3 is 8.83 Å². The van der Waals surface area contributed by atoms with Crippen LogP contribution in [0.25, 0.3) is 111 Å². The molecule has 4 aliphatic rings. The minimum Gasteiger partial charge on any atom is -0.455 e. The third-order valence-electron chi connectivity index (χ3n) is 17.5. The third-order valence-corrected chi connectivity index (χ3v) is 17.5. The van der Waals surface area contributed by atoms with Gasteiger partial charge in [-0.15, -0.1) is 0 Å². The summed E-state index contributed by atoms with van der Waals surface area (Å²) >= 11 is 0. The van der Waals surface area contributed by atoms with E-state index in [0.29, 0.717) is 0 Å². The van der Waals surface area contributed by atoms with E-state index in [1.807, 2.05) is 0 Å². The Kier molecular flexibility index (Phi) is 7.03. The van der Waals surface area contributed by atoms with Gasteiger partial charge in [-0.2, -0.15) is 0 Å². The van der Waals surface area contributed by atoms with Crippen molar-refractivity contribution in [2.75, 3.05) is 0 Å². The van der Waals surface area contributed by atoms with Gasteiger partial charge in [-0.1, -0.05) is 165 Å². The molecule has 11 aromatic rings. The van der Waals surface area contributed by atoms with Crippen LogP contribution in [0, 0.1) is 0 Å². The van der Waals surface area contributed by atoms with Gasteiger partial charge in [0.1, 0.15) is 22.3 Å². The Bertz CT molecular complexity index is 4140. The first kappa shape index (κ1) is 38.7. The maximum absolute atomic E-state index is 7.14. The first-order valence-corrected chi connectivity index (χ1v) is 24.4. The number of para-hydroxylation sites is 2. The van der Waals surface area contributed by atoms with Crippen molar-refractivity contribution in [3.05, 3.63) is 202 Å². The molecule has 4 aliphatic carbocycles. The number of hydrogen-bond donors (Lipinski definition) is 0. The predicted octanol–water partition coefficient (Wildman–Crippen LogP) is 18.0. The Balaban J connectivity index is 0.958. The van der Waals surface area contributed by atoms with E-state index in [4.69, 9.17) is 8.83 Å². The molecule has 0 aliphatic heterocycles. The van der Waals surface area contributed by atoms with Gasteiger partial charge in [0.15, 0.2) is 0 Å². The van der Waals surface area contributed by atoms with E-state index >= 15 is 0 Å². The Labute approximate surface area is 396 Å². The summed E-state index contributed by atoms with van der Waals surface area (Å²) in [5, 5.41) is 4.72. The molecule has 0 unspecified atom stereocenters. The fourth-order valence-electron chi connectivity index (χ4n) is 13.9. The van der Waals surface area contributed by atoms with Crippen molar-refractivity contribution in [3.63, 3.8) is 0 Å². The lowest BCUT2D eigenvalue weighted by Crippen LogP contribution is -2.17. The molecule has 68 heavy (non-hydrogen) atoms. The minimum atomic E-state index is -0.312. The molecule has 0 spiro atoms. The predicted molar refractivity (Wildman–Crippen MR) is 282 cm³/mol. The normalized spacial score (nSPS) is 16.7. The van der Waals surface area contributed by atoms with E-state index in [1.54, 1.807) is 0 Å². The summed E-state index contributed by atoms with van der Waals surface area (Å²) in [6.45, 7) is 19.2. The summed E-state index contributed by atoms with van der Waals surface area (Å²) in [7, 11) is 0. The van der Waals surface area contributed by atoms with Crippen LogP contribution in [0.5, 0.6) is 0 Å². The molecule has 0 bridgehead atoms. The van der Waals surface area contributed by atoms with Gasteiger partial charge in [0.05, 0.1) is 0 Å². The van der Waals surface area contributed by atoms with Crippen molar-refractivity contribution >= 4 is 43.9 Å². The Hall–Kier alpha value is -7.42. The molecule has 0 saturated carbocycles. The maximum Gasteiger partial charge on any atom is 0.144 e. The largest absolute Gasteiger partial charge is 0.455 e. The van der Waals surface area contributed by atoms with E-state index < -0.39 is 0 Å². The second-order valence-electron chi connectivity index (χ2n) is 22.4. The summed E-state index contributed by atoms with van der Waals surface area (Å²) in [6, 6.07) is 59.5. The van der Waals surface area contributed by atoms with Crippen molar-refractivity contribution in [3.8, 4) is 66.8 Å². The Morgan fingerprint density at radius 1 is 0.279 bits per heavy atom. The van der Waals surface area contributed by atoms with Crippen molar-refractivity contribution in [2.45, 2.75) is 77.0 Å². The number of furan rings is 2. The average Bonchev–Trinajstić information content (AvgIpc) is 4.13. The summed E-state index contributed by atoms with van der Waals surface area (Å²) < 4.78 is 14.2. The van der Waals surface area contributed by atoms with E-state index in [-0.39, 0.29) is 21.7 Å². The molecular weight excluding hydrogens is 825 g/mol. The van der Waals surface area contributed by atoms with Gasteiger partial charge in [-0.25, -0.2) is 0 Å².